The van der Waals surface area contributed by atoms with Crippen LogP contribution >= 0.6 is 27.5 Å². The molecule has 0 amide bonds. The number of nitrogens with zero attached hydrogens (tertiary/aromatic N) is 4. The highest BCUT2D eigenvalue weighted by Crippen LogP contribution is 2.36. The number of nitrogens with one attached hydrogen (secondary N) is 2. The van der Waals surface area contributed by atoms with Gasteiger partial charge in [0, 0.05) is 11.2 Å². The number of ether oxygens (including phenoxy) is 1. The van der Waals surface area contributed by atoms with Gasteiger partial charge in [0.25, 0.3) is 0 Å². The van der Waals surface area contributed by atoms with E-state index in [2.05, 4.69) is 41.9 Å². The topological polar surface area (TPSA) is 99.5 Å². The molecule has 0 bridgehead atoms. The van der Waals surface area contributed by atoms with E-state index in [0.29, 0.717) is 20.9 Å². The minimum Gasteiger partial charge on any atom is -0.493 e. The van der Waals surface area contributed by atoms with Crippen molar-refractivity contribution in [3.05, 3.63) is 33.7 Å². The highest BCUT2D eigenvalue weighted by Gasteiger charge is 2.10. The Morgan fingerprint density at radius 2 is 2.40 bits per heavy atom. The molecule has 102 valence electrons. The lowest BCUT2D eigenvalue weighted by atomic mass is 10.2. The normalized spacial score (nSPS) is 11.0. The number of anilines is 1. The van der Waals surface area contributed by atoms with Crippen LogP contribution in [-0.4, -0.2) is 27.7 Å². The van der Waals surface area contributed by atoms with Gasteiger partial charge in [-0.3, -0.25) is 0 Å². The van der Waals surface area contributed by atoms with E-state index < -0.39 is 0 Å². The van der Waals surface area contributed by atoms with Crippen molar-refractivity contribution in [3.8, 4) is 11.8 Å². The van der Waals surface area contributed by atoms with E-state index in [-0.39, 0.29) is 11.4 Å². The zero-order valence-corrected chi connectivity index (χ0v) is 12.5. The minimum absolute atomic E-state index is 0.195. The van der Waals surface area contributed by atoms with Gasteiger partial charge < -0.3 is 10.1 Å². The van der Waals surface area contributed by atoms with Crippen molar-refractivity contribution < 1.29 is 4.74 Å². The number of H-pyrrole nitrogens is 1. The lowest BCUT2D eigenvalue weighted by Crippen LogP contribution is -1.96. The molecule has 0 saturated carbocycles. The molecule has 0 radical (unpaired) electrons. The van der Waals surface area contributed by atoms with Crippen LogP contribution in [0.4, 0.5) is 5.69 Å². The summed E-state index contributed by atoms with van der Waals surface area (Å²) in [5.41, 5.74) is 0.819. The van der Waals surface area contributed by atoms with Crippen molar-refractivity contribution >= 4 is 38.8 Å². The fourth-order valence-corrected chi connectivity index (χ4v) is 2.42. The van der Waals surface area contributed by atoms with E-state index in [4.69, 9.17) is 21.6 Å². The Balaban J connectivity index is 2.33. The predicted molar refractivity (Wildman–Crippen MR) is 77.1 cm³/mol. The molecule has 2 rings (SSSR count). The van der Waals surface area contributed by atoms with Crippen molar-refractivity contribution in [1.29, 1.82) is 5.26 Å². The first-order valence-corrected chi connectivity index (χ1v) is 6.46. The molecule has 2 aromatic rings. The lowest BCUT2D eigenvalue weighted by molar-refractivity contribution is 0.414. The van der Waals surface area contributed by atoms with Gasteiger partial charge in [0.05, 0.1) is 17.3 Å². The molecule has 9 heteroatoms. The van der Waals surface area contributed by atoms with Crippen LogP contribution in [0, 0.1) is 11.3 Å². The number of allylic oxidation sites excluding steroid dienone is 1. The van der Waals surface area contributed by atoms with Crippen LogP contribution in [0.2, 0.25) is 5.02 Å². The van der Waals surface area contributed by atoms with Crippen molar-refractivity contribution in [2.24, 2.45) is 0 Å². The number of nitriles is 1. The molecule has 0 spiro atoms. The second-order valence-electron chi connectivity index (χ2n) is 3.52. The van der Waals surface area contributed by atoms with Gasteiger partial charge in [-0.15, -0.1) is 10.2 Å². The van der Waals surface area contributed by atoms with Gasteiger partial charge in [0.1, 0.15) is 11.6 Å². The number of tetrazole rings is 1. The monoisotopic (exact) mass is 354 g/mol. The number of benzene rings is 1. The van der Waals surface area contributed by atoms with E-state index in [0.717, 1.165) is 0 Å². The molecule has 0 aliphatic carbocycles. The second-order valence-corrected chi connectivity index (χ2v) is 4.81. The molecule has 0 aliphatic heterocycles. The molecule has 1 aromatic heterocycles. The predicted octanol–water partition coefficient (Wildman–Crippen LogP) is 2.60. The van der Waals surface area contributed by atoms with Gasteiger partial charge in [-0.1, -0.05) is 11.6 Å². The Labute approximate surface area is 127 Å². The van der Waals surface area contributed by atoms with Crippen molar-refractivity contribution in [1.82, 2.24) is 20.6 Å². The average Bonchev–Trinajstić information content (AvgIpc) is 2.93. The zero-order valence-electron chi connectivity index (χ0n) is 10.2. The number of hydrogen-bond acceptors (Lipinski definition) is 6. The first-order chi connectivity index (χ1) is 9.65. The van der Waals surface area contributed by atoms with Crippen LogP contribution in [-0.2, 0) is 0 Å². The summed E-state index contributed by atoms with van der Waals surface area (Å²) >= 11 is 9.32. The van der Waals surface area contributed by atoms with Gasteiger partial charge in [-0.05, 0) is 33.3 Å². The molecule has 0 aliphatic rings. The summed E-state index contributed by atoms with van der Waals surface area (Å²) in [6.45, 7) is 0. The molecule has 0 atom stereocenters. The van der Waals surface area contributed by atoms with Gasteiger partial charge in [-0.2, -0.15) is 10.5 Å². The Morgan fingerprint density at radius 3 is 3.00 bits per heavy atom. The largest absolute Gasteiger partial charge is 0.493 e. The maximum atomic E-state index is 9.06. The van der Waals surface area contributed by atoms with Gasteiger partial charge in [0.15, 0.2) is 5.75 Å². The summed E-state index contributed by atoms with van der Waals surface area (Å²) in [5, 5.41) is 25.7. The highest BCUT2D eigenvalue weighted by molar-refractivity contribution is 9.10. The standard InChI is InChI=1S/C11H8BrClN6O/c1-20-10-8(12)2-7(13)3-9(10)15-5-6(4-14)11-16-18-19-17-11/h2-3,5,15H,1H3,(H,16,17,18,19). The number of aromatic nitrogens is 4. The van der Waals surface area contributed by atoms with E-state index in [9.17, 15) is 0 Å². The molecule has 0 unspecified atom stereocenters. The summed E-state index contributed by atoms with van der Waals surface area (Å²) in [6, 6.07) is 5.35. The van der Waals surface area contributed by atoms with E-state index in [1.54, 1.807) is 12.1 Å². The van der Waals surface area contributed by atoms with Crippen LogP contribution in [0.25, 0.3) is 5.57 Å². The summed E-state index contributed by atoms with van der Waals surface area (Å²) < 4.78 is 5.95. The summed E-state index contributed by atoms with van der Waals surface area (Å²) in [7, 11) is 1.54. The van der Waals surface area contributed by atoms with E-state index >= 15 is 0 Å². The first-order valence-electron chi connectivity index (χ1n) is 5.29. The fraction of sp³-hybridized carbons (Fsp3) is 0.0909. The molecular weight excluding hydrogens is 348 g/mol. The molecule has 0 fully saturated rings. The van der Waals surface area contributed by atoms with Crippen LogP contribution in [0.5, 0.6) is 5.75 Å². The van der Waals surface area contributed by atoms with Gasteiger partial charge in [0.2, 0.25) is 5.82 Å². The quantitative estimate of drug-likeness (QED) is 0.818. The maximum Gasteiger partial charge on any atom is 0.216 e. The van der Waals surface area contributed by atoms with Crippen LogP contribution in [0.3, 0.4) is 0 Å². The maximum absolute atomic E-state index is 9.06. The minimum atomic E-state index is 0.195. The Bertz CT molecular complexity index is 679. The molecular formula is C11H8BrClN6O. The third-order valence-electron chi connectivity index (χ3n) is 2.29. The van der Waals surface area contributed by atoms with E-state index in [1.807, 2.05) is 6.07 Å². The Morgan fingerprint density at radius 1 is 1.60 bits per heavy atom. The molecule has 1 heterocycles. The Kier molecular flexibility index (Phi) is 4.55. The smallest absolute Gasteiger partial charge is 0.216 e. The summed E-state index contributed by atoms with van der Waals surface area (Å²) in [5.74, 6) is 0.760. The molecule has 20 heavy (non-hydrogen) atoms. The number of rotatable bonds is 4. The number of halogens is 2. The molecule has 7 nitrogen and oxygen atoms in total. The fourth-order valence-electron chi connectivity index (χ4n) is 1.45. The number of hydrogen-bond donors (Lipinski definition) is 2. The third-order valence-corrected chi connectivity index (χ3v) is 3.10. The van der Waals surface area contributed by atoms with E-state index in [1.165, 1.54) is 13.3 Å². The van der Waals surface area contributed by atoms with Gasteiger partial charge >= 0.3 is 0 Å². The summed E-state index contributed by atoms with van der Waals surface area (Å²) in [6.07, 6.45) is 1.45. The van der Waals surface area contributed by atoms with Crippen molar-refractivity contribution in [2.45, 2.75) is 0 Å². The van der Waals surface area contributed by atoms with Crippen molar-refractivity contribution in [3.63, 3.8) is 0 Å². The van der Waals surface area contributed by atoms with Crippen molar-refractivity contribution in [2.75, 3.05) is 12.4 Å². The molecule has 2 N–H and O–H groups in total. The molecule has 1 aromatic carbocycles. The van der Waals surface area contributed by atoms with Gasteiger partial charge in [-0.25, -0.2) is 0 Å². The van der Waals surface area contributed by atoms with Crippen LogP contribution < -0.4 is 10.1 Å². The number of methoxy groups -OCH3 is 1. The molecule has 0 saturated heterocycles. The third kappa shape index (κ3) is 3.07. The van der Waals surface area contributed by atoms with Crippen LogP contribution in [0.15, 0.2) is 22.8 Å². The Hall–Kier alpha value is -2.11. The lowest BCUT2D eigenvalue weighted by Gasteiger charge is -2.11. The summed E-state index contributed by atoms with van der Waals surface area (Å²) in [4.78, 5) is 0. The number of aromatic amines is 1. The average molecular weight is 356 g/mol. The highest BCUT2D eigenvalue weighted by atomic mass is 79.9. The zero-order chi connectivity index (χ0) is 14.5. The second kappa shape index (κ2) is 6.36. The van der Waals surface area contributed by atoms with Crippen LogP contribution in [0.1, 0.15) is 5.82 Å². The SMILES string of the molecule is COc1c(Br)cc(Cl)cc1NC=C(C#N)c1nn[nH]n1. The first kappa shape index (κ1) is 14.3.